The number of carboxylic acids is 1. The molecular weight excluding hydrogens is 264 g/mol. The average Bonchev–Trinajstić information content (AvgIpc) is 2.79. The van der Waals surface area contributed by atoms with Gasteiger partial charge in [0.05, 0.1) is 0 Å². The molecule has 0 radical (unpaired) electrons. The van der Waals surface area contributed by atoms with Crippen molar-refractivity contribution >= 4 is 17.9 Å². The third-order valence-corrected chi connectivity index (χ3v) is 3.89. The van der Waals surface area contributed by atoms with Crippen LogP contribution in [0.2, 0.25) is 0 Å². The van der Waals surface area contributed by atoms with E-state index in [9.17, 15) is 14.4 Å². The van der Waals surface area contributed by atoms with E-state index >= 15 is 0 Å². The van der Waals surface area contributed by atoms with Crippen LogP contribution in [0.4, 0.5) is 4.79 Å². The van der Waals surface area contributed by atoms with Crippen molar-refractivity contribution in [2.24, 2.45) is 5.73 Å². The van der Waals surface area contributed by atoms with Gasteiger partial charge in [-0.2, -0.15) is 0 Å². The van der Waals surface area contributed by atoms with Crippen LogP contribution in [-0.4, -0.2) is 70.1 Å². The highest BCUT2D eigenvalue weighted by Crippen LogP contribution is 2.20. The smallest absolute Gasteiger partial charge is 0.325 e. The van der Waals surface area contributed by atoms with Crippen molar-refractivity contribution in [3.05, 3.63) is 0 Å². The summed E-state index contributed by atoms with van der Waals surface area (Å²) in [5.74, 6) is -1.28. The van der Waals surface area contributed by atoms with Crippen LogP contribution in [0.25, 0.3) is 0 Å². The van der Waals surface area contributed by atoms with E-state index in [2.05, 4.69) is 5.32 Å². The number of carboxylic acid groups (broad SMARTS) is 1. The molecule has 8 nitrogen and oxygen atoms in total. The number of urea groups is 1. The lowest BCUT2D eigenvalue weighted by Crippen LogP contribution is -2.50. The summed E-state index contributed by atoms with van der Waals surface area (Å²) >= 11 is 0. The third kappa shape index (κ3) is 2.48. The van der Waals surface area contributed by atoms with Gasteiger partial charge in [-0.15, -0.1) is 0 Å². The molecule has 2 rings (SSSR count). The summed E-state index contributed by atoms with van der Waals surface area (Å²) in [6.07, 6.45) is 0.369. The Morgan fingerprint density at radius 2 is 2.05 bits per heavy atom. The number of carbonyl (C=O) groups excluding carboxylic acids is 2. The van der Waals surface area contributed by atoms with Crippen LogP contribution in [0.5, 0.6) is 0 Å². The van der Waals surface area contributed by atoms with Gasteiger partial charge in [0, 0.05) is 26.2 Å². The van der Waals surface area contributed by atoms with Crippen LogP contribution >= 0.6 is 0 Å². The summed E-state index contributed by atoms with van der Waals surface area (Å²) in [6, 6.07) is -0.406. The molecule has 0 bridgehead atoms. The predicted molar refractivity (Wildman–Crippen MR) is 69.9 cm³/mol. The molecule has 0 aromatic heterocycles. The number of amides is 3. The Balaban J connectivity index is 1.90. The number of carbonyl (C=O) groups is 3. The van der Waals surface area contributed by atoms with Crippen LogP contribution in [-0.2, 0) is 9.59 Å². The van der Waals surface area contributed by atoms with E-state index in [0.717, 1.165) is 4.90 Å². The van der Waals surface area contributed by atoms with E-state index in [1.54, 1.807) is 13.8 Å². The molecule has 0 aromatic carbocycles. The van der Waals surface area contributed by atoms with Crippen molar-refractivity contribution in [3.8, 4) is 0 Å². The van der Waals surface area contributed by atoms with Crippen molar-refractivity contribution in [2.75, 3.05) is 26.2 Å². The Bertz CT molecular complexity index is 464. The monoisotopic (exact) mass is 284 g/mol. The second kappa shape index (κ2) is 4.71. The molecular formula is C12H20N4O4. The van der Waals surface area contributed by atoms with E-state index in [-0.39, 0.29) is 19.0 Å². The highest BCUT2D eigenvalue weighted by Gasteiger charge is 2.45. The van der Waals surface area contributed by atoms with Crippen molar-refractivity contribution < 1.29 is 19.5 Å². The largest absolute Gasteiger partial charge is 0.480 e. The maximum Gasteiger partial charge on any atom is 0.325 e. The highest BCUT2D eigenvalue weighted by atomic mass is 16.4. The van der Waals surface area contributed by atoms with E-state index in [1.807, 2.05) is 4.90 Å². The number of nitrogens with two attached hydrogens (primary N) is 1. The van der Waals surface area contributed by atoms with E-state index in [0.29, 0.717) is 19.5 Å². The molecule has 2 aliphatic rings. The van der Waals surface area contributed by atoms with Gasteiger partial charge in [0.1, 0.15) is 11.1 Å². The fraction of sp³-hybridized carbons (Fsp3) is 0.750. The molecule has 0 saturated carbocycles. The molecule has 1 atom stereocenters. The van der Waals surface area contributed by atoms with E-state index in [4.69, 9.17) is 10.8 Å². The first-order chi connectivity index (χ1) is 9.16. The normalized spacial score (nSPS) is 29.9. The van der Waals surface area contributed by atoms with Crippen LogP contribution in [0.15, 0.2) is 0 Å². The molecule has 0 aromatic rings. The second-order valence-electron chi connectivity index (χ2n) is 6.00. The lowest BCUT2D eigenvalue weighted by molar-refractivity contribution is -0.142. The van der Waals surface area contributed by atoms with Crippen LogP contribution in [0.3, 0.4) is 0 Å². The minimum absolute atomic E-state index is 0.232. The number of rotatable bonds is 4. The first-order valence-corrected chi connectivity index (χ1v) is 6.54. The number of nitrogens with zero attached hydrogens (tertiary/aromatic N) is 2. The molecule has 1 unspecified atom stereocenters. The van der Waals surface area contributed by atoms with Gasteiger partial charge in [0.25, 0.3) is 5.91 Å². The van der Waals surface area contributed by atoms with Crippen LogP contribution in [0.1, 0.15) is 20.3 Å². The van der Waals surface area contributed by atoms with Gasteiger partial charge in [-0.25, -0.2) is 4.79 Å². The molecule has 0 spiro atoms. The Labute approximate surface area is 116 Å². The van der Waals surface area contributed by atoms with Gasteiger partial charge in [-0.3, -0.25) is 19.4 Å². The Morgan fingerprint density at radius 1 is 1.40 bits per heavy atom. The molecule has 112 valence electrons. The summed E-state index contributed by atoms with van der Waals surface area (Å²) in [6.45, 7) is 4.76. The van der Waals surface area contributed by atoms with Crippen LogP contribution < -0.4 is 11.1 Å². The van der Waals surface area contributed by atoms with Crippen LogP contribution in [0, 0.1) is 0 Å². The minimum Gasteiger partial charge on any atom is -0.480 e. The van der Waals surface area contributed by atoms with Crippen molar-refractivity contribution in [1.29, 1.82) is 0 Å². The molecule has 2 aliphatic heterocycles. The standard InChI is InChI=1S/C12H20N4O4/c1-11(2)8(17)16(10(20)14-11)6-5-15-4-3-12(13,7-15)9(18)19/h3-7,13H2,1-2H3,(H,14,20)(H,18,19). The second-order valence-corrected chi connectivity index (χ2v) is 6.00. The van der Waals surface area contributed by atoms with Gasteiger partial charge in [-0.05, 0) is 20.3 Å². The van der Waals surface area contributed by atoms with Crippen molar-refractivity contribution in [2.45, 2.75) is 31.3 Å². The minimum atomic E-state index is -1.23. The number of likely N-dealkylation sites (tertiary alicyclic amines) is 1. The molecule has 8 heteroatoms. The van der Waals surface area contributed by atoms with E-state index in [1.165, 1.54) is 0 Å². The Hall–Kier alpha value is -1.67. The van der Waals surface area contributed by atoms with Gasteiger partial charge < -0.3 is 16.2 Å². The van der Waals surface area contributed by atoms with Gasteiger partial charge >= 0.3 is 12.0 Å². The number of imide groups is 1. The Kier molecular flexibility index (Phi) is 3.47. The SMILES string of the molecule is CC1(C)NC(=O)N(CCN2CCC(N)(C(=O)O)C2)C1=O. The summed E-state index contributed by atoms with van der Waals surface area (Å²) in [5, 5.41) is 11.6. The van der Waals surface area contributed by atoms with Crippen molar-refractivity contribution in [1.82, 2.24) is 15.1 Å². The van der Waals surface area contributed by atoms with Gasteiger partial charge in [-0.1, -0.05) is 0 Å². The molecule has 3 amide bonds. The number of hydrogen-bond acceptors (Lipinski definition) is 5. The summed E-state index contributed by atoms with van der Waals surface area (Å²) < 4.78 is 0. The predicted octanol–water partition coefficient (Wildman–Crippen LogP) is -1.20. The topological polar surface area (TPSA) is 116 Å². The highest BCUT2D eigenvalue weighted by molar-refractivity contribution is 6.06. The third-order valence-electron chi connectivity index (χ3n) is 3.89. The molecule has 0 aliphatic carbocycles. The molecule has 20 heavy (non-hydrogen) atoms. The van der Waals surface area contributed by atoms with Crippen molar-refractivity contribution in [3.63, 3.8) is 0 Å². The number of nitrogens with one attached hydrogen (secondary N) is 1. The summed E-state index contributed by atoms with van der Waals surface area (Å²) in [5.41, 5.74) is 3.67. The quantitative estimate of drug-likeness (QED) is 0.559. The number of hydrogen-bond donors (Lipinski definition) is 3. The first kappa shape index (κ1) is 14.7. The fourth-order valence-electron chi connectivity index (χ4n) is 2.54. The van der Waals surface area contributed by atoms with Gasteiger partial charge in [0.15, 0.2) is 0 Å². The Morgan fingerprint density at radius 3 is 2.50 bits per heavy atom. The first-order valence-electron chi connectivity index (χ1n) is 6.54. The van der Waals surface area contributed by atoms with Gasteiger partial charge in [0.2, 0.25) is 0 Å². The maximum atomic E-state index is 12.0. The lowest BCUT2D eigenvalue weighted by atomic mass is 10.0. The zero-order chi connectivity index (χ0) is 15.1. The maximum absolute atomic E-state index is 12.0. The zero-order valence-corrected chi connectivity index (χ0v) is 11.7. The lowest BCUT2D eigenvalue weighted by Gasteiger charge is -2.22. The molecule has 2 saturated heterocycles. The molecule has 2 heterocycles. The van der Waals surface area contributed by atoms with E-state index < -0.39 is 23.1 Å². The zero-order valence-electron chi connectivity index (χ0n) is 11.7. The molecule has 4 N–H and O–H groups in total. The average molecular weight is 284 g/mol. The number of aliphatic carboxylic acids is 1. The summed E-state index contributed by atoms with van der Waals surface area (Å²) in [7, 11) is 0. The summed E-state index contributed by atoms with van der Waals surface area (Å²) in [4.78, 5) is 37.7. The fourth-order valence-corrected chi connectivity index (χ4v) is 2.54. The molecule has 2 fully saturated rings.